The van der Waals surface area contributed by atoms with Crippen molar-refractivity contribution >= 4 is 11.8 Å². The van der Waals surface area contributed by atoms with Gasteiger partial charge in [-0.3, -0.25) is 5.43 Å². The van der Waals surface area contributed by atoms with Crippen LogP contribution in [0.2, 0.25) is 0 Å². The third-order valence-electron chi connectivity index (χ3n) is 3.36. The van der Waals surface area contributed by atoms with Crippen molar-refractivity contribution in [3.05, 3.63) is 11.8 Å². The Kier molecular flexibility index (Phi) is 4.93. The largest absolute Gasteiger partial charge is 0.366 e. The molecule has 0 radical (unpaired) electrons. The zero-order valence-electron chi connectivity index (χ0n) is 11.8. The molecule has 1 aliphatic rings. The number of likely N-dealkylation sites (tertiary alicyclic amines) is 1. The van der Waals surface area contributed by atoms with Gasteiger partial charge in [0, 0.05) is 24.3 Å². The summed E-state index contributed by atoms with van der Waals surface area (Å²) in [6.45, 7) is 7.59. The van der Waals surface area contributed by atoms with Gasteiger partial charge in [0.05, 0.1) is 0 Å². The number of aromatic nitrogens is 2. The van der Waals surface area contributed by atoms with Crippen molar-refractivity contribution in [2.24, 2.45) is 5.84 Å². The fourth-order valence-electron chi connectivity index (χ4n) is 2.53. The highest BCUT2D eigenvalue weighted by Gasteiger charge is 2.13. The first-order valence-corrected chi connectivity index (χ1v) is 6.98. The third-order valence-corrected chi connectivity index (χ3v) is 3.36. The van der Waals surface area contributed by atoms with Crippen molar-refractivity contribution in [2.45, 2.75) is 39.2 Å². The van der Waals surface area contributed by atoms with Crippen molar-refractivity contribution in [3.63, 3.8) is 0 Å². The number of hydrogen-bond acceptors (Lipinski definition) is 6. The van der Waals surface area contributed by atoms with Gasteiger partial charge in [0.25, 0.3) is 0 Å². The van der Waals surface area contributed by atoms with E-state index in [-0.39, 0.29) is 0 Å². The topological polar surface area (TPSA) is 79.1 Å². The molecule has 2 rings (SSSR count). The summed E-state index contributed by atoms with van der Waals surface area (Å²) in [4.78, 5) is 11.0. The Morgan fingerprint density at radius 2 is 2.05 bits per heavy atom. The number of nitrogens with zero attached hydrogens (tertiary/aromatic N) is 3. The minimum atomic E-state index is 0.359. The van der Waals surface area contributed by atoms with Crippen LogP contribution in [-0.2, 0) is 0 Å². The van der Waals surface area contributed by atoms with E-state index in [1.165, 1.54) is 32.4 Å². The molecule has 0 amide bonds. The van der Waals surface area contributed by atoms with Crippen molar-refractivity contribution in [2.75, 3.05) is 30.4 Å². The average molecular weight is 264 g/mol. The maximum atomic E-state index is 5.36. The lowest BCUT2D eigenvalue weighted by Gasteiger charge is -2.29. The molecule has 1 aliphatic heterocycles. The van der Waals surface area contributed by atoms with Crippen molar-refractivity contribution < 1.29 is 0 Å². The first-order valence-electron chi connectivity index (χ1n) is 6.98. The monoisotopic (exact) mass is 264 g/mol. The van der Waals surface area contributed by atoms with E-state index in [4.69, 9.17) is 5.84 Å². The summed E-state index contributed by atoms with van der Waals surface area (Å²) in [6.07, 6.45) is 4.01. The molecule has 0 bridgehead atoms. The number of rotatable bonds is 5. The number of aryl methyl sites for hydroxylation is 1. The number of nitrogens with two attached hydrogens (primary N) is 1. The lowest BCUT2D eigenvalue weighted by Crippen LogP contribution is -2.38. The summed E-state index contributed by atoms with van der Waals surface area (Å²) in [5.41, 5.74) is 3.39. The van der Waals surface area contributed by atoms with Crippen LogP contribution in [0.5, 0.6) is 0 Å². The van der Waals surface area contributed by atoms with Crippen LogP contribution in [-0.4, -0.2) is 40.5 Å². The number of anilines is 2. The number of hydrazine groups is 1. The van der Waals surface area contributed by atoms with Crippen LogP contribution in [0.15, 0.2) is 6.07 Å². The van der Waals surface area contributed by atoms with Crippen molar-refractivity contribution in [1.82, 2.24) is 14.9 Å². The van der Waals surface area contributed by atoms with E-state index >= 15 is 0 Å². The summed E-state index contributed by atoms with van der Waals surface area (Å²) < 4.78 is 0. The Morgan fingerprint density at radius 3 is 2.74 bits per heavy atom. The molecule has 1 fully saturated rings. The molecule has 4 N–H and O–H groups in total. The van der Waals surface area contributed by atoms with Gasteiger partial charge in [-0.2, -0.15) is 4.98 Å². The van der Waals surface area contributed by atoms with E-state index in [1.54, 1.807) is 0 Å². The Labute approximate surface area is 114 Å². The Balaban J connectivity index is 1.90. The molecule has 1 atom stereocenters. The summed E-state index contributed by atoms with van der Waals surface area (Å²) in [7, 11) is 0. The Morgan fingerprint density at radius 1 is 1.32 bits per heavy atom. The minimum absolute atomic E-state index is 0.359. The summed E-state index contributed by atoms with van der Waals surface area (Å²) >= 11 is 0. The van der Waals surface area contributed by atoms with Gasteiger partial charge in [0.2, 0.25) is 5.95 Å². The van der Waals surface area contributed by atoms with Gasteiger partial charge < -0.3 is 10.2 Å². The number of nitrogens with one attached hydrogen (secondary N) is 2. The maximum Gasteiger partial charge on any atom is 0.239 e. The number of piperidine rings is 1. The highest BCUT2D eigenvalue weighted by atomic mass is 15.3. The standard InChI is InChI=1S/C13H24N6/c1-10-8-12(17-13(16-10)18-14)15-11(2)9-19-6-4-3-5-7-19/h8,11H,3-7,9,14H2,1-2H3,(H2,15,16,17,18). The molecular weight excluding hydrogens is 240 g/mol. The van der Waals surface area contributed by atoms with E-state index in [0.717, 1.165) is 18.1 Å². The minimum Gasteiger partial charge on any atom is -0.366 e. The smallest absolute Gasteiger partial charge is 0.239 e. The van der Waals surface area contributed by atoms with Crippen LogP contribution in [0.3, 0.4) is 0 Å². The average Bonchev–Trinajstić information content (AvgIpc) is 2.38. The first-order chi connectivity index (χ1) is 9.17. The van der Waals surface area contributed by atoms with Crippen LogP contribution >= 0.6 is 0 Å². The predicted octanol–water partition coefficient (Wildman–Crippen LogP) is 1.36. The molecule has 1 saturated heterocycles. The van der Waals surface area contributed by atoms with Gasteiger partial charge in [-0.1, -0.05) is 6.42 Å². The van der Waals surface area contributed by atoms with Gasteiger partial charge in [-0.25, -0.2) is 10.8 Å². The van der Waals surface area contributed by atoms with Crippen molar-refractivity contribution in [3.8, 4) is 0 Å². The fourth-order valence-corrected chi connectivity index (χ4v) is 2.53. The van der Waals surface area contributed by atoms with E-state index in [0.29, 0.717) is 12.0 Å². The third kappa shape index (κ3) is 4.33. The molecule has 106 valence electrons. The van der Waals surface area contributed by atoms with Gasteiger partial charge >= 0.3 is 0 Å². The predicted molar refractivity (Wildman–Crippen MR) is 78.0 cm³/mol. The summed E-state index contributed by atoms with van der Waals surface area (Å²) in [6, 6.07) is 2.30. The summed E-state index contributed by atoms with van der Waals surface area (Å²) in [5, 5.41) is 3.42. The first kappa shape index (κ1) is 14.0. The van der Waals surface area contributed by atoms with E-state index in [2.05, 4.69) is 32.5 Å². The molecule has 0 spiro atoms. The van der Waals surface area contributed by atoms with Crippen LogP contribution < -0.4 is 16.6 Å². The normalized spacial score (nSPS) is 18.1. The molecule has 6 heteroatoms. The molecule has 0 aromatic carbocycles. The second-order valence-corrected chi connectivity index (χ2v) is 5.27. The fraction of sp³-hybridized carbons (Fsp3) is 0.692. The molecule has 2 heterocycles. The highest BCUT2D eigenvalue weighted by Crippen LogP contribution is 2.12. The van der Waals surface area contributed by atoms with Gasteiger partial charge in [0.15, 0.2) is 0 Å². The molecule has 1 aromatic rings. The second kappa shape index (κ2) is 6.68. The molecule has 1 aromatic heterocycles. The van der Waals surface area contributed by atoms with E-state index in [1.807, 2.05) is 13.0 Å². The Hall–Kier alpha value is -1.40. The van der Waals surface area contributed by atoms with E-state index in [9.17, 15) is 0 Å². The summed E-state index contributed by atoms with van der Waals surface area (Å²) in [5.74, 6) is 6.63. The second-order valence-electron chi connectivity index (χ2n) is 5.27. The zero-order chi connectivity index (χ0) is 13.7. The molecule has 0 saturated carbocycles. The molecule has 0 aliphatic carbocycles. The van der Waals surface area contributed by atoms with E-state index < -0.39 is 0 Å². The molecular formula is C13H24N6. The SMILES string of the molecule is Cc1cc(NC(C)CN2CCCCC2)nc(NN)n1. The number of hydrogen-bond donors (Lipinski definition) is 3. The Bertz CT molecular complexity index is 402. The lowest BCUT2D eigenvalue weighted by molar-refractivity contribution is 0.223. The molecule has 19 heavy (non-hydrogen) atoms. The van der Waals surface area contributed by atoms with Crippen molar-refractivity contribution in [1.29, 1.82) is 0 Å². The number of nitrogen functional groups attached to an aromatic ring is 1. The highest BCUT2D eigenvalue weighted by molar-refractivity contribution is 5.42. The van der Waals surface area contributed by atoms with Gasteiger partial charge in [-0.15, -0.1) is 0 Å². The lowest BCUT2D eigenvalue weighted by atomic mass is 10.1. The van der Waals surface area contributed by atoms with Gasteiger partial charge in [-0.05, 0) is 39.8 Å². The van der Waals surface area contributed by atoms with Crippen LogP contribution in [0, 0.1) is 6.92 Å². The zero-order valence-corrected chi connectivity index (χ0v) is 11.8. The van der Waals surface area contributed by atoms with Gasteiger partial charge in [0.1, 0.15) is 5.82 Å². The van der Waals surface area contributed by atoms with Crippen LogP contribution in [0.1, 0.15) is 31.9 Å². The van der Waals surface area contributed by atoms with Crippen LogP contribution in [0.4, 0.5) is 11.8 Å². The molecule has 1 unspecified atom stereocenters. The molecule has 6 nitrogen and oxygen atoms in total. The maximum absolute atomic E-state index is 5.36. The van der Waals surface area contributed by atoms with Crippen LogP contribution in [0.25, 0.3) is 0 Å². The quantitative estimate of drug-likeness (QED) is 0.550.